The Morgan fingerprint density at radius 2 is 1.87 bits per heavy atom. The van der Waals surface area contributed by atoms with Crippen LogP contribution in [0, 0.1) is 0 Å². The molecular weight excluding hydrogens is 437 g/mol. The maximum absolute atomic E-state index is 13.8. The van der Waals surface area contributed by atoms with Crippen molar-refractivity contribution in [2.24, 2.45) is 0 Å². The predicted molar refractivity (Wildman–Crippen MR) is 103 cm³/mol. The first-order valence-electron chi connectivity index (χ1n) is 9.19. The second kappa shape index (κ2) is 7.61. The molecule has 3 aromatic rings. The Balaban J connectivity index is 1.90. The molecule has 0 aliphatic carbocycles. The number of alkyl halides is 3. The number of hydrogen-bond acceptors (Lipinski definition) is 6. The number of morpholine rings is 1. The van der Waals surface area contributed by atoms with Gasteiger partial charge in [-0.05, 0) is 18.2 Å². The van der Waals surface area contributed by atoms with E-state index in [2.05, 4.69) is 10.1 Å². The number of rotatable bonds is 3. The molecule has 0 atom stereocenters. The van der Waals surface area contributed by atoms with Crippen LogP contribution in [0.4, 0.5) is 13.2 Å². The molecule has 8 nitrogen and oxygen atoms in total. The van der Waals surface area contributed by atoms with E-state index in [0.29, 0.717) is 30.8 Å². The lowest BCUT2D eigenvalue weighted by Gasteiger charge is -2.26. The molecule has 164 valence electrons. The van der Waals surface area contributed by atoms with Crippen molar-refractivity contribution < 1.29 is 31.1 Å². The number of aromatic nitrogens is 3. The minimum Gasteiger partial charge on any atom is -0.378 e. The van der Waals surface area contributed by atoms with Gasteiger partial charge in [0.15, 0.2) is 21.2 Å². The molecule has 0 spiro atoms. The average Bonchev–Trinajstić information content (AvgIpc) is 3.16. The SMILES string of the molecule is CS(=O)(=O)c1cccc(-c2cc(C(F)(F)F)n3ncc(C(=O)N4CCOCC4)c3n2)c1. The van der Waals surface area contributed by atoms with E-state index in [-0.39, 0.29) is 27.4 Å². The van der Waals surface area contributed by atoms with Crippen molar-refractivity contribution in [2.45, 2.75) is 11.1 Å². The second-order valence-electron chi connectivity index (χ2n) is 7.02. The highest BCUT2D eigenvalue weighted by molar-refractivity contribution is 7.90. The molecule has 0 bridgehead atoms. The first-order chi connectivity index (χ1) is 14.6. The molecule has 1 aliphatic rings. The zero-order chi connectivity index (χ0) is 22.4. The summed E-state index contributed by atoms with van der Waals surface area (Å²) < 4.78 is 70.8. The Morgan fingerprint density at radius 3 is 2.52 bits per heavy atom. The summed E-state index contributed by atoms with van der Waals surface area (Å²) in [6.45, 7) is 1.27. The van der Waals surface area contributed by atoms with Crippen molar-refractivity contribution in [3.05, 3.63) is 47.8 Å². The lowest BCUT2D eigenvalue weighted by Crippen LogP contribution is -2.40. The fraction of sp³-hybridized carbons (Fsp3) is 0.316. The van der Waals surface area contributed by atoms with E-state index in [0.717, 1.165) is 18.5 Å². The summed E-state index contributed by atoms with van der Waals surface area (Å²) >= 11 is 0. The van der Waals surface area contributed by atoms with Gasteiger partial charge in [-0.2, -0.15) is 18.3 Å². The highest BCUT2D eigenvalue weighted by atomic mass is 32.2. The van der Waals surface area contributed by atoms with Crippen molar-refractivity contribution in [2.75, 3.05) is 32.6 Å². The van der Waals surface area contributed by atoms with Crippen molar-refractivity contribution >= 4 is 21.4 Å². The van der Waals surface area contributed by atoms with Crippen LogP contribution in [0.25, 0.3) is 16.9 Å². The lowest BCUT2D eigenvalue weighted by atomic mass is 10.1. The van der Waals surface area contributed by atoms with E-state index in [9.17, 15) is 26.4 Å². The van der Waals surface area contributed by atoms with Gasteiger partial charge in [-0.15, -0.1) is 0 Å². The van der Waals surface area contributed by atoms with Crippen molar-refractivity contribution in [3.63, 3.8) is 0 Å². The molecule has 1 amide bonds. The van der Waals surface area contributed by atoms with Gasteiger partial charge in [-0.1, -0.05) is 12.1 Å². The third kappa shape index (κ3) is 4.12. The minimum atomic E-state index is -4.78. The molecule has 3 heterocycles. The molecule has 0 unspecified atom stereocenters. The number of carbonyl (C=O) groups is 1. The van der Waals surface area contributed by atoms with Crippen LogP contribution in [0.3, 0.4) is 0 Å². The number of hydrogen-bond donors (Lipinski definition) is 0. The fourth-order valence-electron chi connectivity index (χ4n) is 3.29. The topological polar surface area (TPSA) is 93.9 Å². The molecule has 0 saturated carbocycles. The summed E-state index contributed by atoms with van der Waals surface area (Å²) in [5, 5.41) is 3.75. The monoisotopic (exact) mass is 454 g/mol. The predicted octanol–water partition coefficient (Wildman–Crippen LogP) is 2.29. The first kappa shape index (κ1) is 21.2. The summed E-state index contributed by atoms with van der Waals surface area (Å²) in [7, 11) is -3.58. The third-order valence-corrected chi connectivity index (χ3v) is 5.96. The number of ether oxygens (including phenoxy) is 1. The molecule has 0 radical (unpaired) electrons. The maximum Gasteiger partial charge on any atom is 0.433 e. The Hall–Kier alpha value is -2.99. The van der Waals surface area contributed by atoms with Gasteiger partial charge >= 0.3 is 6.18 Å². The molecule has 2 aromatic heterocycles. The second-order valence-corrected chi connectivity index (χ2v) is 9.04. The van der Waals surface area contributed by atoms with Crippen LogP contribution < -0.4 is 0 Å². The van der Waals surface area contributed by atoms with Gasteiger partial charge in [-0.25, -0.2) is 17.9 Å². The average molecular weight is 454 g/mol. The van der Waals surface area contributed by atoms with Gasteiger partial charge in [0.25, 0.3) is 5.91 Å². The third-order valence-electron chi connectivity index (χ3n) is 4.85. The molecule has 31 heavy (non-hydrogen) atoms. The molecule has 1 aliphatic heterocycles. The highest BCUT2D eigenvalue weighted by Gasteiger charge is 2.36. The van der Waals surface area contributed by atoms with Crippen LogP contribution in [0.15, 0.2) is 41.4 Å². The Kier molecular flexibility index (Phi) is 5.21. The Morgan fingerprint density at radius 1 is 1.16 bits per heavy atom. The number of fused-ring (bicyclic) bond motifs is 1. The normalized spacial score (nSPS) is 15.4. The van der Waals surface area contributed by atoms with E-state index >= 15 is 0 Å². The van der Waals surface area contributed by atoms with Gasteiger partial charge in [-0.3, -0.25) is 4.79 Å². The number of sulfone groups is 1. The van der Waals surface area contributed by atoms with E-state index in [1.165, 1.54) is 29.2 Å². The van der Waals surface area contributed by atoms with Gasteiger partial charge in [0.2, 0.25) is 0 Å². The van der Waals surface area contributed by atoms with Crippen LogP contribution >= 0.6 is 0 Å². The van der Waals surface area contributed by atoms with Crippen molar-refractivity contribution in [1.82, 2.24) is 19.5 Å². The lowest BCUT2D eigenvalue weighted by molar-refractivity contribution is -0.142. The fourth-order valence-corrected chi connectivity index (χ4v) is 3.95. The van der Waals surface area contributed by atoms with E-state index in [1.807, 2.05) is 0 Å². The summed E-state index contributed by atoms with van der Waals surface area (Å²) in [6, 6.07) is 6.24. The van der Waals surface area contributed by atoms with Crippen molar-refractivity contribution in [1.29, 1.82) is 0 Å². The molecule has 1 saturated heterocycles. The quantitative estimate of drug-likeness (QED) is 0.603. The van der Waals surface area contributed by atoms with E-state index < -0.39 is 27.6 Å². The summed E-state index contributed by atoms with van der Waals surface area (Å²) in [6.07, 6.45) is -2.72. The minimum absolute atomic E-state index is 0.0571. The van der Waals surface area contributed by atoms with E-state index in [1.54, 1.807) is 0 Å². The van der Waals surface area contributed by atoms with Gasteiger partial charge in [0, 0.05) is 24.9 Å². The highest BCUT2D eigenvalue weighted by Crippen LogP contribution is 2.33. The number of amides is 1. The molecule has 12 heteroatoms. The molecule has 0 N–H and O–H groups in total. The zero-order valence-electron chi connectivity index (χ0n) is 16.3. The number of carbonyl (C=O) groups excluding carboxylic acids is 1. The Labute approximate surface area is 175 Å². The van der Waals surface area contributed by atoms with Gasteiger partial charge in [0.05, 0.1) is 30.0 Å². The number of benzene rings is 1. The summed E-state index contributed by atoms with van der Waals surface area (Å²) in [4.78, 5) is 18.5. The molecule has 1 aromatic carbocycles. The summed E-state index contributed by atoms with van der Waals surface area (Å²) in [5.74, 6) is -0.499. The molecule has 1 fully saturated rings. The van der Waals surface area contributed by atoms with Crippen LogP contribution in [-0.2, 0) is 20.8 Å². The van der Waals surface area contributed by atoms with Crippen LogP contribution in [0.1, 0.15) is 16.1 Å². The van der Waals surface area contributed by atoms with Crippen LogP contribution in [0.2, 0.25) is 0 Å². The standard InChI is InChI=1S/C19H17F3N4O4S/c1-31(28,29)13-4-2-3-12(9-13)15-10-16(19(20,21)22)26-17(24-15)14(11-23-26)18(27)25-5-7-30-8-6-25/h2-4,9-11H,5-8H2,1H3. The largest absolute Gasteiger partial charge is 0.433 e. The molecule has 4 rings (SSSR count). The Bertz CT molecular complexity index is 1260. The van der Waals surface area contributed by atoms with Crippen LogP contribution in [-0.4, -0.2) is 66.4 Å². The van der Waals surface area contributed by atoms with E-state index in [4.69, 9.17) is 4.74 Å². The maximum atomic E-state index is 13.8. The van der Waals surface area contributed by atoms with Crippen molar-refractivity contribution in [3.8, 4) is 11.3 Å². The molecular formula is C19H17F3N4O4S. The van der Waals surface area contributed by atoms with Gasteiger partial charge in [0.1, 0.15) is 5.56 Å². The summed E-state index contributed by atoms with van der Waals surface area (Å²) in [5.41, 5.74) is -1.42. The first-order valence-corrected chi connectivity index (χ1v) is 11.1. The smallest absolute Gasteiger partial charge is 0.378 e. The van der Waals surface area contributed by atoms with Crippen LogP contribution in [0.5, 0.6) is 0 Å². The number of halogens is 3. The zero-order valence-corrected chi connectivity index (χ0v) is 17.1. The van der Waals surface area contributed by atoms with Gasteiger partial charge < -0.3 is 9.64 Å². The number of nitrogens with zero attached hydrogens (tertiary/aromatic N) is 4.